The molecule has 0 radical (unpaired) electrons. The van der Waals surface area contributed by atoms with Gasteiger partial charge in [0.05, 0.1) is 34.6 Å². The minimum absolute atomic E-state index is 0.0126. The van der Waals surface area contributed by atoms with E-state index in [1.165, 1.54) is 29.2 Å². The number of sulfone groups is 1. The highest BCUT2D eigenvalue weighted by molar-refractivity contribution is 7.91. The summed E-state index contributed by atoms with van der Waals surface area (Å²) in [5, 5.41) is 17.0. The molecule has 2 N–H and O–H groups in total. The molecule has 218 valence electrons. The zero-order chi connectivity index (χ0) is 29.9. The molecule has 9 nitrogen and oxygen atoms in total. The first-order valence-electron chi connectivity index (χ1n) is 13.0. The maximum atomic E-state index is 15.2. The standard InChI is InChI=1S/C28H36F2N4O5S/c1-7-13-28(29,30)23-20(17-35)15-31-16-22(23)39-26-18(3)24(33-34(26)27(4,5)6)25(36)32-14-19-9-11-21(12-10-19)40(37,38)8-2/h9-12,15-16,35H,7-8,13-14,17H2,1-6H3,(H,32,36). The smallest absolute Gasteiger partial charge is 0.277 e. The number of aliphatic hydroxyl groups is 1. The number of ether oxygens (including phenoxy) is 1. The number of carbonyl (C=O) groups excluding carboxylic acids is 1. The normalized spacial score (nSPS) is 12.4. The molecular weight excluding hydrogens is 542 g/mol. The van der Waals surface area contributed by atoms with Gasteiger partial charge in [-0.2, -0.15) is 5.10 Å². The number of benzene rings is 1. The summed E-state index contributed by atoms with van der Waals surface area (Å²) in [7, 11) is -3.34. The van der Waals surface area contributed by atoms with Gasteiger partial charge in [0.25, 0.3) is 11.8 Å². The van der Waals surface area contributed by atoms with Gasteiger partial charge in [-0.1, -0.05) is 32.4 Å². The first kappa shape index (κ1) is 31.2. The molecule has 1 aromatic carbocycles. The third kappa shape index (κ3) is 6.67. The van der Waals surface area contributed by atoms with Crippen molar-refractivity contribution in [2.45, 2.75) is 83.9 Å². The number of aromatic nitrogens is 3. The predicted octanol–water partition coefficient (Wildman–Crippen LogP) is 5.24. The lowest BCUT2D eigenvalue weighted by Crippen LogP contribution is -2.27. The number of amides is 1. The van der Waals surface area contributed by atoms with Crippen LogP contribution >= 0.6 is 0 Å². The third-order valence-electron chi connectivity index (χ3n) is 6.33. The molecule has 0 aliphatic rings. The van der Waals surface area contributed by atoms with Gasteiger partial charge in [0.15, 0.2) is 21.3 Å². The van der Waals surface area contributed by atoms with E-state index < -0.39 is 45.8 Å². The monoisotopic (exact) mass is 578 g/mol. The van der Waals surface area contributed by atoms with Crippen molar-refractivity contribution in [2.24, 2.45) is 0 Å². The van der Waals surface area contributed by atoms with Crippen LogP contribution < -0.4 is 10.1 Å². The van der Waals surface area contributed by atoms with Gasteiger partial charge < -0.3 is 15.2 Å². The lowest BCUT2D eigenvalue weighted by atomic mass is 9.99. The van der Waals surface area contributed by atoms with Crippen LogP contribution in [0.15, 0.2) is 41.6 Å². The molecule has 0 aliphatic carbocycles. The number of pyridine rings is 1. The van der Waals surface area contributed by atoms with Crippen LogP contribution in [0.5, 0.6) is 11.6 Å². The van der Waals surface area contributed by atoms with Crippen LogP contribution in [0.4, 0.5) is 8.78 Å². The topological polar surface area (TPSA) is 123 Å². The van der Waals surface area contributed by atoms with Crippen molar-refractivity contribution >= 4 is 15.7 Å². The molecule has 0 spiro atoms. The number of halogens is 2. The van der Waals surface area contributed by atoms with E-state index in [2.05, 4.69) is 15.4 Å². The van der Waals surface area contributed by atoms with Gasteiger partial charge >= 0.3 is 0 Å². The zero-order valence-electron chi connectivity index (χ0n) is 23.6. The molecular formula is C28H36F2N4O5S. The average Bonchev–Trinajstić information content (AvgIpc) is 3.23. The second kappa shape index (κ2) is 12.0. The van der Waals surface area contributed by atoms with Crippen LogP contribution in [0.2, 0.25) is 0 Å². The van der Waals surface area contributed by atoms with Crippen molar-refractivity contribution in [3.63, 3.8) is 0 Å². The van der Waals surface area contributed by atoms with Gasteiger partial charge in [-0.05, 0) is 45.4 Å². The largest absolute Gasteiger partial charge is 0.437 e. The van der Waals surface area contributed by atoms with E-state index in [1.807, 2.05) is 20.8 Å². The maximum Gasteiger partial charge on any atom is 0.277 e. The summed E-state index contributed by atoms with van der Waals surface area (Å²) >= 11 is 0. The van der Waals surface area contributed by atoms with E-state index >= 15 is 8.78 Å². The highest BCUT2D eigenvalue weighted by atomic mass is 32.2. The van der Waals surface area contributed by atoms with Gasteiger partial charge in [0, 0.05) is 30.3 Å². The van der Waals surface area contributed by atoms with Crippen LogP contribution in [0.3, 0.4) is 0 Å². The molecule has 40 heavy (non-hydrogen) atoms. The van der Waals surface area contributed by atoms with Crippen molar-refractivity contribution in [3.05, 3.63) is 64.6 Å². The van der Waals surface area contributed by atoms with Crippen molar-refractivity contribution in [1.29, 1.82) is 0 Å². The van der Waals surface area contributed by atoms with E-state index in [-0.39, 0.29) is 46.5 Å². The number of rotatable bonds is 11. The number of hydrogen-bond acceptors (Lipinski definition) is 7. The number of carbonyl (C=O) groups is 1. The molecule has 2 heterocycles. The molecule has 0 unspecified atom stereocenters. The first-order valence-corrected chi connectivity index (χ1v) is 14.6. The van der Waals surface area contributed by atoms with Gasteiger partial charge in [-0.25, -0.2) is 21.9 Å². The van der Waals surface area contributed by atoms with E-state index in [0.717, 1.165) is 0 Å². The molecule has 12 heteroatoms. The number of nitrogens with zero attached hydrogens (tertiary/aromatic N) is 3. The number of hydrogen-bond donors (Lipinski definition) is 2. The number of aliphatic hydroxyl groups excluding tert-OH is 1. The molecule has 0 aliphatic heterocycles. The Hall–Kier alpha value is -3.38. The summed E-state index contributed by atoms with van der Waals surface area (Å²) in [4.78, 5) is 17.3. The highest BCUT2D eigenvalue weighted by Gasteiger charge is 2.38. The molecule has 0 saturated carbocycles. The second-order valence-electron chi connectivity index (χ2n) is 10.5. The molecule has 0 saturated heterocycles. The Morgan fingerprint density at radius 1 is 1.12 bits per heavy atom. The SMILES string of the molecule is CCCC(F)(F)c1c(CO)cncc1Oc1c(C)c(C(=O)NCc2ccc(S(=O)(=O)CC)cc2)nn1C(C)(C)C. The van der Waals surface area contributed by atoms with Crippen molar-refractivity contribution in [3.8, 4) is 11.6 Å². The average molecular weight is 579 g/mol. The Kier molecular flexibility index (Phi) is 9.35. The number of nitrogens with one attached hydrogen (secondary N) is 1. The number of alkyl halides is 2. The maximum absolute atomic E-state index is 15.2. The predicted molar refractivity (Wildman–Crippen MR) is 146 cm³/mol. The Balaban J connectivity index is 1.95. The van der Waals surface area contributed by atoms with Gasteiger partial charge in [-0.3, -0.25) is 9.78 Å². The van der Waals surface area contributed by atoms with Crippen LogP contribution in [-0.4, -0.2) is 39.9 Å². The minimum atomic E-state index is -3.34. The van der Waals surface area contributed by atoms with Crippen molar-refractivity contribution < 1.29 is 31.8 Å². The van der Waals surface area contributed by atoms with Crippen LogP contribution in [-0.2, 0) is 34.5 Å². The quantitative estimate of drug-likeness (QED) is 0.319. The molecule has 2 aromatic heterocycles. The second-order valence-corrected chi connectivity index (χ2v) is 12.8. The zero-order valence-corrected chi connectivity index (χ0v) is 24.4. The Bertz CT molecular complexity index is 1460. The summed E-state index contributed by atoms with van der Waals surface area (Å²) in [5.41, 5.74) is -0.131. The first-order chi connectivity index (χ1) is 18.7. The fraction of sp³-hybridized carbons (Fsp3) is 0.464. The fourth-order valence-electron chi connectivity index (χ4n) is 4.16. The Morgan fingerprint density at radius 2 is 1.77 bits per heavy atom. The summed E-state index contributed by atoms with van der Waals surface area (Å²) in [6.07, 6.45) is 2.11. The summed E-state index contributed by atoms with van der Waals surface area (Å²) in [6, 6.07) is 6.23. The van der Waals surface area contributed by atoms with Crippen LogP contribution in [0.1, 0.15) is 80.2 Å². The summed E-state index contributed by atoms with van der Waals surface area (Å²) < 4.78 is 61.9. The van der Waals surface area contributed by atoms with E-state index in [1.54, 1.807) is 32.9 Å². The minimum Gasteiger partial charge on any atom is -0.437 e. The fourth-order valence-corrected chi connectivity index (χ4v) is 5.04. The summed E-state index contributed by atoms with van der Waals surface area (Å²) in [6.45, 7) is 9.77. The highest BCUT2D eigenvalue weighted by Crippen LogP contribution is 2.43. The van der Waals surface area contributed by atoms with E-state index in [4.69, 9.17) is 4.74 Å². The molecule has 0 atom stereocenters. The van der Waals surface area contributed by atoms with Crippen LogP contribution in [0.25, 0.3) is 0 Å². The molecule has 3 rings (SSSR count). The lowest BCUT2D eigenvalue weighted by Gasteiger charge is -2.25. The van der Waals surface area contributed by atoms with Crippen LogP contribution in [0, 0.1) is 6.92 Å². The van der Waals surface area contributed by atoms with Gasteiger partial charge in [0.1, 0.15) is 0 Å². The lowest BCUT2D eigenvalue weighted by molar-refractivity contribution is -0.0178. The molecule has 0 fully saturated rings. The van der Waals surface area contributed by atoms with E-state index in [9.17, 15) is 18.3 Å². The third-order valence-corrected chi connectivity index (χ3v) is 8.08. The molecule has 0 bridgehead atoms. The van der Waals surface area contributed by atoms with Gasteiger partial charge in [-0.15, -0.1) is 0 Å². The molecule has 1 amide bonds. The summed E-state index contributed by atoms with van der Waals surface area (Å²) in [5.74, 6) is -3.95. The van der Waals surface area contributed by atoms with Crippen molar-refractivity contribution in [1.82, 2.24) is 20.1 Å². The van der Waals surface area contributed by atoms with Gasteiger partial charge in [0.2, 0.25) is 5.88 Å². The Morgan fingerprint density at radius 3 is 2.33 bits per heavy atom. The van der Waals surface area contributed by atoms with E-state index in [0.29, 0.717) is 11.1 Å². The molecule has 3 aromatic rings. The van der Waals surface area contributed by atoms with Crippen molar-refractivity contribution in [2.75, 3.05) is 5.75 Å². The Labute approximate surface area is 233 Å².